The molecule has 1 aromatic heterocycles. The molecule has 0 radical (unpaired) electrons. The molecular formula is C19H16F3N3O3S. The fourth-order valence-corrected chi connectivity index (χ4v) is 3.29. The molecule has 0 fully saturated rings. The number of sulfone groups is 1. The van der Waals surface area contributed by atoms with E-state index in [9.17, 15) is 26.4 Å². The van der Waals surface area contributed by atoms with Gasteiger partial charge < -0.3 is 9.88 Å². The molecular weight excluding hydrogens is 407 g/mol. The molecule has 1 N–H and O–H groups in total. The van der Waals surface area contributed by atoms with E-state index in [0.717, 1.165) is 24.5 Å². The van der Waals surface area contributed by atoms with Crippen molar-refractivity contribution >= 4 is 21.5 Å². The zero-order valence-electron chi connectivity index (χ0n) is 15.4. The second kappa shape index (κ2) is 7.70. The Labute approximate surface area is 164 Å². The van der Waals surface area contributed by atoms with Gasteiger partial charge >= 0.3 is 0 Å². The highest BCUT2D eigenvalue weighted by Gasteiger charge is 2.14. The van der Waals surface area contributed by atoms with Crippen molar-refractivity contribution in [2.75, 3.05) is 11.6 Å². The summed E-state index contributed by atoms with van der Waals surface area (Å²) in [5, 5.41) is 2.88. The zero-order chi connectivity index (χ0) is 21.3. The van der Waals surface area contributed by atoms with Gasteiger partial charge in [-0.2, -0.15) is 4.98 Å². The van der Waals surface area contributed by atoms with Gasteiger partial charge in [-0.3, -0.25) is 4.79 Å². The number of benzene rings is 2. The SMILES string of the molecule is Cc1ccc(S(C)(=O)=O)cc1Nc1nc(=O)ccn1Cc1cc(F)c(F)c(F)c1. The number of aromatic nitrogens is 2. The third kappa shape index (κ3) is 4.65. The molecule has 6 nitrogen and oxygen atoms in total. The average molecular weight is 423 g/mol. The maximum atomic E-state index is 13.5. The number of rotatable bonds is 5. The van der Waals surface area contributed by atoms with E-state index in [1.165, 1.54) is 22.9 Å². The second-order valence-corrected chi connectivity index (χ2v) is 8.48. The number of nitrogens with zero attached hydrogens (tertiary/aromatic N) is 2. The molecule has 0 spiro atoms. The number of halogens is 3. The van der Waals surface area contributed by atoms with Gasteiger partial charge in [0.05, 0.1) is 11.4 Å². The van der Waals surface area contributed by atoms with Gasteiger partial charge in [-0.1, -0.05) is 6.07 Å². The minimum Gasteiger partial charge on any atom is -0.325 e. The predicted octanol–water partition coefficient (Wildman–Crippen LogP) is 3.16. The molecule has 0 aliphatic carbocycles. The van der Waals surface area contributed by atoms with Gasteiger partial charge in [0, 0.05) is 24.2 Å². The summed E-state index contributed by atoms with van der Waals surface area (Å²) in [5.41, 5.74) is 0.603. The summed E-state index contributed by atoms with van der Waals surface area (Å²) >= 11 is 0. The summed E-state index contributed by atoms with van der Waals surface area (Å²) < 4.78 is 65.2. The molecule has 0 saturated heterocycles. The molecule has 0 amide bonds. The van der Waals surface area contributed by atoms with Crippen molar-refractivity contribution in [3.05, 3.63) is 81.5 Å². The summed E-state index contributed by atoms with van der Waals surface area (Å²) in [5.74, 6) is -4.21. The van der Waals surface area contributed by atoms with Crippen LogP contribution in [0.25, 0.3) is 0 Å². The summed E-state index contributed by atoms with van der Waals surface area (Å²) in [4.78, 5) is 15.6. The van der Waals surface area contributed by atoms with E-state index in [0.29, 0.717) is 11.3 Å². The standard InChI is InChI=1S/C19H16F3N3O3S/c1-11-3-4-13(29(2,27)28)9-16(11)23-19-24-17(26)5-6-25(19)10-12-7-14(20)18(22)15(21)8-12/h3-9H,10H2,1-2H3,(H,23,24,26). The first-order chi connectivity index (χ1) is 13.5. The lowest BCUT2D eigenvalue weighted by Gasteiger charge is -2.16. The quantitative estimate of drug-likeness (QED) is 0.638. The molecule has 152 valence electrons. The lowest BCUT2D eigenvalue weighted by molar-refractivity contribution is 0.444. The van der Waals surface area contributed by atoms with Crippen LogP contribution < -0.4 is 10.9 Å². The van der Waals surface area contributed by atoms with Crippen molar-refractivity contribution in [1.29, 1.82) is 0 Å². The van der Waals surface area contributed by atoms with E-state index >= 15 is 0 Å². The van der Waals surface area contributed by atoms with E-state index < -0.39 is 32.8 Å². The molecule has 1 heterocycles. The van der Waals surface area contributed by atoms with Gasteiger partial charge in [-0.15, -0.1) is 0 Å². The molecule has 10 heteroatoms. The summed E-state index contributed by atoms with van der Waals surface area (Å²) in [6.07, 6.45) is 2.42. The Morgan fingerprint density at radius 1 is 1.07 bits per heavy atom. The van der Waals surface area contributed by atoms with E-state index in [1.807, 2.05) is 0 Å². The van der Waals surface area contributed by atoms with Gasteiger partial charge in [0.2, 0.25) is 5.95 Å². The molecule has 0 saturated carbocycles. The van der Waals surface area contributed by atoms with E-state index in [1.54, 1.807) is 13.0 Å². The van der Waals surface area contributed by atoms with Crippen LogP contribution in [0.15, 0.2) is 52.3 Å². The summed E-state index contributed by atoms with van der Waals surface area (Å²) in [7, 11) is -3.46. The third-order valence-electron chi connectivity index (χ3n) is 4.17. The lowest BCUT2D eigenvalue weighted by atomic mass is 10.2. The number of anilines is 2. The van der Waals surface area contributed by atoms with Crippen LogP contribution in [0.3, 0.4) is 0 Å². The van der Waals surface area contributed by atoms with Crippen LogP contribution in [0.2, 0.25) is 0 Å². The van der Waals surface area contributed by atoms with Gasteiger partial charge in [-0.25, -0.2) is 21.6 Å². The Morgan fingerprint density at radius 2 is 1.72 bits per heavy atom. The molecule has 29 heavy (non-hydrogen) atoms. The molecule has 0 atom stereocenters. The Hall–Kier alpha value is -3.14. The maximum Gasteiger partial charge on any atom is 0.274 e. The minimum atomic E-state index is -3.46. The molecule has 3 rings (SSSR count). The highest BCUT2D eigenvalue weighted by atomic mass is 32.2. The number of nitrogens with one attached hydrogen (secondary N) is 1. The normalized spacial score (nSPS) is 11.5. The monoisotopic (exact) mass is 423 g/mol. The summed E-state index contributed by atoms with van der Waals surface area (Å²) in [6, 6.07) is 7.28. The van der Waals surface area contributed by atoms with Crippen LogP contribution in [0.5, 0.6) is 0 Å². The fourth-order valence-electron chi connectivity index (χ4n) is 2.64. The molecule has 2 aromatic carbocycles. The van der Waals surface area contributed by atoms with Crippen molar-refractivity contribution in [2.24, 2.45) is 0 Å². The van der Waals surface area contributed by atoms with Crippen LogP contribution in [-0.4, -0.2) is 24.2 Å². The van der Waals surface area contributed by atoms with Crippen molar-refractivity contribution < 1.29 is 21.6 Å². The molecule has 0 bridgehead atoms. The minimum absolute atomic E-state index is 0.0244. The fraction of sp³-hybridized carbons (Fsp3) is 0.158. The first-order valence-electron chi connectivity index (χ1n) is 8.33. The first kappa shape index (κ1) is 20.6. The summed E-state index contributed by atoms with van der Waals surface area (Å²) in [6.45, 7) is 1.61. The predicted molar refractivity (Wildman–Crippen MR) is 101 cm³/mol. The van der Waals surface area contributed by atoms with Gasteiger partial charge in [0.15, 0.2) is 27.3 Å². The first-order valence-corrected chi connectivity index (χ1v) is 10.2. The largest absolute Gasteiger partial charge is 0.325 e. The van der Waals surface area contributed by atoms with Crippen LogP contribution in [0.1, 0.15) is 11.1 Å². The average Bonchev–Trinajstić information content (AvgIpc) is 2.62. The maximum absolute atomic E-state index is 13.5. The highest BCUT2D eigenvalue weighted by Crippen LogP contribution is 2.23. The Kier molecular flexibility index (Phi) is 5.47. The van der Waals surface area contributed by atoms with Crippen LogP contribution in [0.4, 0.5) is 24.8 Å². The number of hydrogen-bond donors (Lipinski definition) is 1. The van der Waals surface area contributed by atoms with E-state index in [2.05, 4.69) is 10.3 Å². The molecule has 3 aromatic rings. The van der Waals surface area contributed by atoms with E-state index in [4.69, 9.17) is 0 Å². The Morgan fingerprint density at radius 3 is 2.34 bits per heavy atom. The second-order valence-electron chi connectivity index (χ2n) is 6.46. The molecule has 0 unspecified atom stereocenters. The lowest BCUT2D eigenvalue weighted by Crippen LogP contribution is -2.16. The number of aryl methyl sites for hydroxylation is 1. The molecule has 0 aliphatic heterocycles. The van der Waals surface area contributed by atoms with Crippen molar-refractivity contribution in [3.8, 4) is 0 Å². The Balaban J connectivity index is 2.02. The van der Waals surface area contributed by atoms with Crippen molar-refractivity contribution in [1.82, 2.24) is 9.55 Å². The van der Waals surface area contributed by atoms with Crippen molar-refractivity contribution in [2.45, 2.75) is 18.4 Å². The van der Waals surface area contributed by atoms with Crippen LogP contribution >= 0.6 is 0 Å². The van der Waals surface area contributed by atoms with Gasteiger partial charge in [-0.05, 0) is 42.3 Å². The van der Waals surface area contributed by atoms with E-state index in [-0.39, 0.29) is 23.0 Å². The Bertz CT molecular complexity index is 1230. The highest BCUT2D eigenvalue weighted by molar-refractivity contribution is 7.90. The van der Waals surface area contributed by atoms with Gasteiger partial charge in [0.1, 0.15) is 0 Å². The zero-order valence-corrected chi connectivity index (χ0v) is 16.2. The smallest absolute Gasteiger partial charge is 0.274 e. The third-order valence-corrected chi connectivity index (χ3v) is 5.28. The topological polar surface area (TPSA) is 81.1 Å². The molecule has 0 aliphatic rings. The van der Waals surface area contributed by atoms with Gasteiger partial charge in [0.25, 0.3) is 5.56 Å². The van der Waals surface area contributed by atoms with Crippen LogP contribution in [0, 0.1) is 24.4 Å². The number of hydrogen-bond acceptors (Lipinski definition) is 5. The van der Waals surface area contributed by atoms with Crippen LogP contribution in [-0.2, 0) is 16.4 Å². The van der Waals surface area contributed by atoms with Crippen molar-refractivity contribution in [3.63, 3.8) is 0 Å².